The molecule has 2 amide bonds. The van der Waals surface area contributed by atoms with Crippen molar-refractivity contribution in [2.75, 3.05) is 17.2 Å². The number of carbonyl (C=O) groups excluding carboxylic acids is 2. The highest BCUT2D eigenvalue weighted by molar-refractivity contribution is 6.05. The highest BCUT2D eigenvalue weighted by atomic mass is 35.5. The molecule has 0 spiro atoms. The molecule has 1 aliphatic heterocycles. The van der Waals surface area contributed by atoms with Gasteiger partial charge in [-0.1, -0.05) is 48.5 Å². The Morgan fingerprint density at radius 2 is 1.79 bits per heavy atom. The third-order valence-corrected chi connectivity index (χ3v) is 5.96. The zero-order valence-corrected chi connectivity index (χ0v) is 22.0. The van der Waals surface area contributed by atoms with Crippen LogP contribution in [-0.4, -0.2) is 46.6 Å². The van der Waals surface area contributed by atoms with Gasteiger partial charge >= 0.3 is 5.97 Å². The normalized spacial score (nSPS) is 14.4. The molecule has 9 nitrogen and oxygen atoms in total. The molecule has 0 radical (unpaired) electrons. The Morgan fingerprint density at radius 3 is 2.45 bits per heavy atom. The van der Waals surface area contributed by atoms with Gasteiger partial charge in [0.2, 0.25) is 5.91 Å². The lowest BCUT2D eigenvalue weighted by atomic mass is 10.1. The first-order valence-corrected chi connectivity index (χ1v) is 11.5. The lowest BCUT2D eigenvalue weighted by molar-refractivity contribution is -0.141. The molecule has 1 unspecified atom stereocenters. The van der Waals surface area contributed by atoms with Crippen LogP contribution in [0.25, 0.3) is 0 Å². The van der Waals surface area contributed by atoms with E-state index in [0.29, 0.717) is 36.4 Å². The Morgan fingerprint density at radius 1 is 1.08 bits per heavy atom. The molecule has 5 N–H and O–H groups in total. The topological polar surface area (TPSA) is 137 Å². The van der Waals surface area contributed by atoms with E-state index in [1.165, 1.54) is 6.21 Å². The summed E-state index contributed by atoms with van der Waals surface area (Å²) in [4.78, 5) is 39.2. The summed E-state index contributed by atoms with van der Waals surface area (Å²) in [7, 11) is 0. The molecule has 3 aromatic carbocycles. The number of carboxylic acids is 1. The number of amides is 2. The van der Waals surface area contributed by atoms with Crippen LogP contribution < -0.4 is 16.5 Å². The van der Waals surface area contributed by atoms with E-state index in [0.717, 1.165) is 16.7 Å². The molecular weight excluding hydrogens is 529 g/mol. The highest BCUT2D eigenvalue weighted by Crippen LogP contribution is 2.26. The zero-order chi connectivity index (χ0) is 25.5. The van der Waals surface area contributed by atoms with E-state index < -0.39 is 12.0 Å². The summed E-state index contributed by atoms with van der Waals surface area (Å²) in [5.41, 5.74) is 4.25. The first kappa shape index (κ1) is 30.1. The van der Waals surface area contributed by atoms with Crippen LogP contribution in [0.15, 0.2) is 77.9 Å². The number of benzene rings is 3. The van der Waals surface area contributed by atoms with Crippen LogP contribution in [0.3, 0.4) is 0 Å². The molecule has 0 saturated heterocycles. The first-order chi connectivity index (χ1) is 17.4. The van der Waals surface area contributed by atoms with Crippen molar-refractivity contribution in [1.29, 1.82) is 0 Å². The van der Waals surface area contributed by atoms with Gasteiger partial charge in [-0.05, 0) is 47.4 Å². The molecule has 11 heteroatoms. The van der Waals surface area contributed by atoms with Crippen LogP contribution in [0.5, 0.6) is 0 Å². The van der Waals surface area contributed by atoms with Crippen molar-refractivity contribution in [3.63, 3.8) is 0 Å². The van der Waals surface area contributed by atoms with Gasteiger partial charge in [0.1, 0.15) is 6.04 Å². The van der Waals surface area contributed by atoms with E-state index in [1.807, 2.05) is 30.3 Å². The first-order valence-electron chi connectivity index (χ1n) is 11.5. The molecular formula is C27H29Cl2N5O4. The van der Waals surface area contributed by atoms with Gasteiger partial charge in [-0.2, -0.15) is 5.10 Å². The Labute approximate surface area is 232 Å². The van der Waals surface area contributed by atoms with Crippen LogP contribution in [-0.2, 0) is 22.6 Å². The minimum absolute atomic E-state index is 0. The maximum Gasteiger partial charge on any atom is 0.305 e. The van der Waals surface area contributed by atoms with Gasteiger partial charge in [-0.15, -0.1) is 24.8 Å². The number of anilines is 2. The Balaban J connectivity index is 0.00000253. The smallest absolute Gasteiger partial charge is 0.305 e. The van der Waals surface area contributed by atoms with Gasteiger partial charge < -0.3 is 26.5 Å². The minimum atomic E-state index is -1.08. The van der Waals surface area contributed by atoms with Crippen LogP contribution >= 0.6 is 24.8 Å². The monoisotopic (exact) mass is 557 g/mol. The fourth-order valence-corrected chi connectivity index (χ4v) is 4.10. The van der Waals surface area contributed by atoms with Crippen molar-refractivity contribution in [1.82, 2.24) is 4.90 Å². The average molecular weight is 558 g/mol. The maximum atomic E-state index is 13.2. The van der Waals surface area contributed by atoms with Gasteiger partial charge in [0.05, 0.1) is 12.6 Å². The van der Waals surface area contributed by atoms with Crippen molar-refractivity contribution < 1.29 is 19.5 Å². The predicted octanol–water partition coefficient (Wildman–Crippen LogP) is 3.92. The van der Waals surface area contributed by atoms with Gasteiger partial charge in [0, 0.05) is 30.0 Å². The number of hydrazone groups is 1. The fraction of sp³-hybridized carbons (Fsp3) is 0.185. The molecule has 1 atom stereocenters. The predicted molar refractivity (Wildman–Crippen MR) is 152 cm³/mol. The summed E-state index contributed by atoms with van der Waals surface area (Å²) >= 11 is 0. The minimum Gasteiger partial charge on any atom is -0.481 e. The molecule has 0 saturated carbocycles. The van der Waals surface area contributed by atoms with Crippen molar-refractivity contribution >= 4 is 60.2 Å². The number of nitrogens with one attached hydrogen (secondary N) is 2. The maximum absolute atomic E-state index is 13.2. The van der Waals surface area contributed by atoms with E-state index >= 15 is 0 Å². The number of hydrogen-bond acceptors (Lipinski definition) is 6. The van der Waals surface area contributed by atoms with Crippen LogP contribution in [0.2, 0.25) is 0 Å². The largest absolute Gasteiger partial charge is 0.481 e. The molecule has 0 aliphatic carbocycles. The second-order valence-corrected chi connectivity index (χ2v) is 8.52. The molecule has 0 bridgehead atoms. The SMILES string of the molecule is Cl.Cl.NN=Cc1ccc(NC(=O)c2ccc3c(c2)NC(CC(=O)O)C(=O)N(CCc2ccccc2)C3)cc1. The number of halogens is 2. The van der Waals surface area contributed by atoms with Crippen molar-refractivity contribution in [3.05, 3.63) is 95.1 Å². The van der Waals surface area contributed by atoms with Gasteiger partial charge in [0.15, 0.2) is 0 Å². The summed E-state index contributed by atoms with van der Waals surface area (Å²) < 4.78 is 0. The third-order valence-electron chi connectivity index (χ3n) is 5.96. The molecule has 38 heavy (non-hydrogen) atoms. The Kier molecular flexibility index (Phi) is 11.1. The number of nitrogens with zero attached hydrogens (tertiary/aromatic N) is 2. The second kappa shape index (κ2) is 14.0. The van der Waals surface area contributed by atoms with Crippen LogP contribution in [0, 0.1) is 0 Å². The van der Waals surface area contributed by atoms with Gasteiger partial charge in [0.25, 0.3) is 5.91 Å². The number of carbonyl (C=O) groups is 3. The van der Waals surface area contributed by atoms with Crippen molar-refractivity contribution in [2.24, 2.45) is 10.9 Å². The summed E-state index contributed by atoms with van der Waals surface area (Å²) in [5.74, 6) is 3.47. The lowest BCUT2D eigenvalue weighted by Crippen LogP contribution is -2.42. The van der Waals surface area contributed by atoms with E-state index in [1.54, 1.807) is 47.4 Å². The van der Waals surface area contributed by atoms with Gasteiger partial charge in [-0.3, -0.25) is 14.4 Å². The number of nitrogens with two attached hydrogens (primary N) is 1. The molecule has 1 heterocycles. The standard InChI is InChI=1S/C27H27N5O4.2ClH/c28-29-16-19-6-10-22(11-7-19)30-26(35)20-8-9-21-17-32(13-12-18-4-2-1-3-5-18)27(36)24(15-25(33)34)31-23(21)14-20;;/h1-11,14,16,24,31H,12-13,15,17,28H2,(H,30,35)(H,33,34);2*1H. The van der Waals surface area contributed by atoms with E-state index in [4.69, 9.17) is 5.84 Å². The van der Waals surface area contributed by atoms with E-state index in [9.17, 15) is 19.5 Å². The summed E-state index contributed by atoms with van der Waals surface area (Å²) in [6.45, 7) is 0.767. The Bertz CT molecular complexity index is 1290. The molecule has 4 rings (SSSR count). The van der Waals surface area contributed by atoms with E-state index in [-0.39, 0.29) is 43.0 Å². The number of carboxylic acid groups (broad SMARTS) is 1. The number of aliphatic carboxylic acids is 1. The number of rotatable bonds is 8. The lowest BCUT2D eigenvalue weighted by Gasteiger charge is -2.24. The van der Waals surface area contributed by atoms with Crippen molar-refractivity contribution in [3.8, 4) is 0 Å². The van der Waals surface area contributed by atoms with Crippen LogP contribution in [0.1, 0.15) is 33.5 Å². The van der Waals surface area contributed by atoms with E-state index in [2.05, 4.69) is 15.7 Å². The molecule has 3 aromatic rings. The molecule has 0 aromatic heterocycles. The molecule has 0 fully saturated rings. The zero-order valence-electron chi connectivity index (χ0n) is 20.4. The highest BCUT2D eigenvalue weighted by Gasteiger charge is 2.31. The van der Waals surface area contributed by atoms with Crippen LogP contribution in [0.4, 0.5) is 11.4 Å². The summed E-state index contributed by atoms with van der Waals surface area (Å²) in [5, 5.41) is 18.8. The molecule has 200 valence electrons. The number of fused-ring (bicyclic) bond motifs is 1. The second-order valence-electron chi connectivity index (χ2n) is 8.52. The fourth-order valence-electron chi connectivity index (χ4n) is 4.10. The average Bonchev–Trinajstić information content (AvgIpc) is 3.00. The Hall–Kier alpha value is -4.08. The third kappa shape index (κ3) is 7.71. The summed E-state index contributed by atoms with van der Waals surface area (Å²) in [6, 6.07) is 21.0. The number of hydrogen-bond donors (Lipinski definition) is 4. The molecule has 1 aliphatic rings. The quantitative estimate of drug-likeness (QED) is 0.188. The van der Waals surface area contributed by atoms with Crippen molar-refractivity contribution in [2.45, 2.75) is 25.4 Å². The summed E-state index contributed by atoms with van der Waals surface area (Å²) in [6.07, 6.45) is 1.79. The van der Waals surface area contributed by atoms with Gasteiger partial charge in [-0.25, -0.2) is 0 Å².